The molecule has 0 aromatic heterocycles. The Kier molecular flexibility index (Phi) is 27.7. The van der Waals surface area contributed by atoms with Crippen LogP contribution < -0.4 is 29.3 Å². The molecule has 0 radical (unpaired) electrons. The van der Waals surface area contributed by atoms with Gasteiger partial charge >= 0.3 is 6.09 Å². The van der Waals surface area contributed by atoms with Gasteiger partial charge in [-0.15, -0.1) is 0 Å². The molecule has 9 heteroatoms. The highest BCUT2D eigenvalue weighted by molar-refractivity contribution is 5.90. The Labute approximate surface area is 263 Å². The lowest BCUT2D eigenvalue weighted by Gasteiger charge is -2.27. The van der Waals surface area contributed by atoms with E-state index in [1.807, 2.05) is 21.1 Å². The summed E-state index contributed by atoms with van der Waals surface area (Å²) in [6.45, 7) is 6.79. The summed E-state index contributed by atoms with van der Waals surface area (Å²) in [5, 5.41) is 2.77. The summed E-state index contributed by atoms with van der Waals surface area (Å²) in [5.74, 6) is -0.570. The van der Waals surface area contributed by atoms with Gasteiger partial charge in [0.15, 0.2) is 0 Å². The molecule has 0 aliphatic carbocycles. The molecule has 0 bridgehead atoms. The van der Waals surface area contributed by atoms with Crippen molar-refractivity contribution in [2.45, 2.75) is 130 Å². The van der Waals surface area contributed by atoms with E-state index in [0.717, 1.165) is 17.7 Å². The van der Waals surface area contributed by atoms with Crippen LogP contribution in [0.2, 0.25) is 0 Å². The van der Waals surface area contributed by atoms with Gasteiger partial charge in [-0.3, -0.25) is 9.59 Å². The number of halogens is 1. The van der Waals surface area contributed by atoms with Gasteiger partial charge in [0.05, 0.1) is 46.9 Å². The number of nitrogens with one attached hydrogen (secondary N) is 1. The van der Waals surface area contributed by atoms with E-state index in [4.69, 9.17) is 9.47 Å². The average molecular weight is 684 g/mol. The molecule has 0 aromatic carbocycles. The molecule has 1 unspecified atom stereocenters. The first-order valence-electron chi connectivity index (χ1n) is 15.7. The van der Waals surface area contributed by atoms with Crippen molar-refractivity contribution in [3.8, 4) is 0 Å². The van der Waals surface area contributed by atoms with E-state index in [9.17, 15) is 14.4 Å². The van der Waals surface area contributed by atoms with Crippen LogP contribution in [0.15, 0.2) is 0 Å². The zero-order chi connectivity index (χ0) is 29.4. The summed E-state index contributed by atoms with van der Waals surface area (Å²) in [4.78, 5) is 37.0. The van der Waals surface area contributed by atoms with Gasteiger partial charge in [0, 0.05) is 20.5 Å². The molecular weight excluding hydrogens is 621 g/mol. The van der Waals surface area contributed by atoms with Gasteiger partial charge in [0.1, 0.15) is 6.61 Å². The van der Waals surface area contributed by atoms with Gasteiger partial charge < -0.3 is 43.3 Å². The number of amides is 3. The Morgan fingerprint density at radius 2 is 1.18 bits per heavy atom. The zero-order valence-corrected chi connectivity index (χ0v) is 28.9. The maximum Gasteiger partial charge on any atom is 0.416 e. The number of carbonyl (C=O) groups excluding carboxylic acids is 3. The molecule has 1 atom stereocenters. The quantitative estimate of drug-likeness (QED) is 0.0906. The average Bonchev–Trinajstić information content (AvgIpc) is 2.85. The summed E-state index contributed by atoms with van der Waals surface area (Å²) < 4.78 is 11.7. The molecule has 0 fully saturated rings. The highest BCUT2D eigenvalue weighted by atomic mass is 127. The van der Waals surface area contributed by atoms with E-state index >= 15 is 0 Å². The Morgan fingerprint density at radius 1 is 0.725 bits per heavy atom. The maximum absolute atomic E-state index is 12.5. The highest BCUT2D eigenvalue weighted by Gasteiger charge is 2.23. The molecule has 0 rings (SSSR count). The summed E-state index contributed by atoms with van der Waals surface area (Å²) >= 11 is 0. The number of rotatable bonds is 25. The van der Waals surface area contributed by atoms with Crippen molar-refractivity contribution in [3.05, 3.63) is 0 Å². The molecule has 0 spiro atoms. The standard InChI is InChI=1S/C31H61N3O5.HI/c1-7-8-9-10-11-12-13-14-15-16-17-18-19-20-21-22-25-38-26-30(32-28(2)35)27-39-31(37)33(29(3)36)23-24-34(4,5)6;/h30H,7-27H2,1-6H3;1H. The van der Waals surface area contributed by atoms with Crippen LogP contribution in [0.1, 0.15) is 124 Å². The van der Waals surface area contributed by atoms with E-state index in [2.05, 4.69) is 12.2 Å². The van der Waals surface area contributed by atoms with Gasteiger partial charge in [0.25, 0.3) is 0 Å². The number of nitrogens with zero attached hydrogens (tertiary/aromatic N) is 2. The van der Waals surface area contributed by atoms with Gasteiger partial charge in [-0.2, -0.15) is 0 Å². The van der Waals surface area contributed by atoms with Crippen molar-refractivity contribution < 1.29 is 52.3 Å². The minimum atomic E-state index is -0.691. The molecular formula is C31H62IN3O5. The predicted molar refractivity (Wildman–Crippen MR) is 160 cm³/mol. The lowest BCUT2D eigenvalue weighted by Crippen LogP contribution is -3.00. The first kappa shape index (κ1) is 41.2. The fraction of sp³-hybridized carbons (Fsp3) is 0.903. The summed E-state index contributed by atoms with van der Waals surface area (Å²) in [5.41, 5.74) is 0. The molecule has 3 amide bonds. The zero-order valence-electron chi connectivity index (χ0n) is 26.7. The smallest absolute Gasteiger partial charge is 0.416 e. The molecule has 8 nitrogen and oxygen atoms in total. The maximum atomic E-state index is 12.5. The molecule has 0 saturated carbocycles. The molecule has 238 valence electrons. The van der Waals surface area contributed by atoms with Gasteiger partial charge in [0.2, 0.25) is 11.8 Å². The second kappa shape index (κ2) is 26.9. The monoisotopic (exact) mass is 683 g/mol. The van der Waals surface area contributed by atoms with Crippen LogP contribution in [-0.2, 0) is 19.1 Å². The predicted octanol–water partition coefficient (Wildman–Crippen LogP) is 3.46. The second-order valence-corrected chi connectivity index (χ2v) is 12.0. The largest absolute Gasteiger partial charge is 1.00 e. The Morgan fingerprint density at radius 3 is 1.57 bits per heavy atom. The minimum Gasteiger partial charge on any atom is -1.00 e. The lowest BCUT2D eigenvalue weighted by molar-refractivity contribution is -0.869. The van der Waals surface area contributed by atoms with E-state index in [0.29, 0.717) is 17.6 Å². The SMILES string of the molecule is CCCCCCCCCCCCCCCCCCOCC(COC(=O)N(CC[N+](C)(C)C)C(C)=O)NC(C)=O.[I-]. The van der Waals surface area contributed by atoms with Crippen LogP contribution in [0, 0.1) is 0 Å². The minimum absolute atomic E-state index is 0. The normalized spacial score (nSPS) is 11.9. The van der Waals surface area contributed by atoms with Crippen LogP contribution in [0.5, 0.6) is 0 Å². The van der Waals surface area contributed by atoms with Gasteiger partial charge in [-0.05, 0) is 6.42 Å². The van der Waals surface area contributed by atoms with E-state index in [-0.39, 0.29) is 55.5 Å². The van der Waals surface area contributed by atoms with Crippen molar-refractivity contribution in [1.82, 2.24) is 10.2 Å². The molecule has 0 heterocycles. The molecule has 40 heavy (non-hydrogen) atoms. The first-order valence-corrected chi connectivity index (χ1v) is 15.7. The number of ether oxygens (including phenoxy) is 2. The van der Waals surface area contributed by atoms with Crippen LogP contribution in [-0.4, -0.2) is 87.4 Å². The Hall–Kier alpha value is -0.940. The lowest BCUT2D eigenvalue weighted by atomic mass is 10.0. The Balaban J connectivity index is 0. The third kappa shape index (κ3) is 27.2. The second-order valence-electron chi connectivity index (χ2n) is 12.0. The van der Waals surface area contributed by atoms with E-state index in [1.54, 1.807) is 0 Å². The third-order valence-corrected chi connectivity index (χ3v) is 6.87. The number of carbonyl (C=O) groups is 3. The van der Waals surface area contributed by atoms with Crippen molar-refractivity contribution in [2.75, 3.05) is 54.1 Å². The number of unbranched alkanes of at least 4 members (excludes halogenated alkanes) is 15. The topological polar surface area (TPSA) is 84.9 Å². The van der Waals surface area contributed by atoms with Crippen LogP contribution in [0.25, 0.3) is 0 Å². The van der Waals surface area contributed by atoms with E-state index in [1.165, 1.54) is 104 Å². The first-order chi connectivity index (χ1) is 18.6. The summed E-state index contributed by atoms with van der Waals surface area (Å²) in [6, 6.07) is -0.445. The van der Waals surface area contributed by atoms with Crippen LogP contribution in [0.3, 0.4) is 0 Å². The van der Waals surface area contributed by atoms with E-state index < -0.39 is 12.1 Å². The summed E-state index contributed by atoms with van der Waals surface area (Å²) in [7, 11) is 5.98. The van der Waals surface area contributed by atoms with Gasteiger partial charge in [-0.25, -0.2) is 9.69 Å². The molecule has 0 saturated heterocycles. The van der Waals surface area contributed by atoms with Crippen molar-refractivity contribution in [1.29, 1.82) is 0 Å². The molecule has 0 aliphatic heterocycles. The van der Waals surface area contributed by atoms with Crippen LogP contribution in [0.4, 0.5) is 4.79 Å². The van der Waals surface area contributed by atoms with Crippen molar-refractivity contribution in [2.24, 2.45) is 0 Å². The fourth-order valence-corrected chi connectivity index (χ4v) is 4.42. The Bertz CT molecular complexity index is 643. The highest BCUT2D eigenvalue weighted by Crippen LogP contribution is 2.13. The number of imide groups is 1. The number of hydrogen-bond acceptors (Lipinski definition) is 5. The molecule has 1 N–H and O–H groups in total. The summed E-state index contributed by atoms with van der Waals surface area (Å²) in [6.07, 6.45) is 20.5. The molecule has 0 aromatic rings. The van der Waals surface area contributed by atoms with Gasteiger partial charge in [-0.1, -0.05) is 103 Å². The van der Waals surface area contributed by atoms with Crippen molar-refractivity contribution >= 4 is 17.9 Å². The van der Waals surface area contributed by atoms with Crippen LogP contribution >= 0.6 is 0 Å². The number of likely N-dealkylation sites (N-methyl/N-ethyl adjacent to an activating group) is 1. The third-order valence-electron chi connectivity index (χ3n) is 6.87. The van der Waals surface area contributed by atoms with Crippen molar-refractivity contribution in [3.63, 3.8) is 0 Å². The molecule has 0 aliphatic rings. The number of hydrogen-bond donors (Lipinski definition) is 1. The number of quaternary nitrogens is 1. The fourth-order valence-electron chi connectivity index (χ4n) is 4.42.